The zero-order valence-corrected chi connectivity index (χ0v) is 17.1. The van der Waals surface area contributed by atoms with E-state index in [4.69, 9.17) is 11.6 Å². The van der Waals surface area contributed by atoms with Crippen LogP contribution in [0.3, 0.4) is 0 Å². The Bertz CT molecular complexity index is 1150. The SMILES string of the molecule is Cc1cccnc1C[C@H](C)NC(=O)c1csc2nc(-c3ccccc3Cl)cn12. The van der Waals surface area contributed by atoms with Crippen LogP contribution in [0.1, 0.15) is 28.7 Å². The number of hydrogen-bond donors (Lipinski definition) is 1. The van der Waals surface area contributed by atoms with Crippen LogP contribution in [0.2, 0.25) is 5.02 Å². The van der Waals surface area contributed by atoms with Crippen LogP contribution >= 0.6 is 22.9 Å². The number of halogens is 1. The molecule has 0 saturated heterocycles. The van der Waals surface area contributed by atoms with Gasteiger partial charge in [-0.05, 0) is 31.5 Å². The predicted octanol–water partition coefficient (Wildman–Crippen LogP) is 4.78. The van der Waals surface area contributed by atoms with Gasteiger partial charge in [-0.25, -0.2) is 4.98 Å². The number of nitrogens with one attached hydrogen (secondary N) is 1. The number of imidazole rings is 1. The van der Waals surface area contributed by atoms with Gasteiger partial charge in [0.05, 0.1) is 10.7 Å². The molecule has 1 amide bonds. The van der Waals surface area contributed by atoms with Crippen LogP contribution in [0.25, 0.3) is 16.2 Å². The number of hydrogen-bond acceptors (Lipinski definition) is 4. The number of thiazole rings is 1. The Morgan fingerprint density at radius 2 is 2.11 bits per heavy atom. The molecule has 0 aliphatic heterocycles. The largest absolute Gasteiger partial charge is 0.348 e. The number of aromatic nitrogens is 3. The first-order valence-electron chi connectivity index (χ1n) is 8.96. The molecule has 1 N–H and O–H groups in total. The van der Waals surface area contributed by atoms with Crippen molar-refractivity contribution in [1.29, 1.82) is 0 Å². The lowest BCUT2D eigenvalue weighted by atomic mass is 10.1. The summed E-state index contributed by atoms with van der Waals surface area (Å²) in [4.78, 5) is 22.6. The first-order valence-corrected chi connectivity index (χ1v) is 10.2. The Hall–Kier alpha value is -2.70. The van der Waals surface area contributed by atoms with Gasteiger partial charge in [0.25, 0.3) is 5.91 Å². The van der Waals surface area contributed by atoms with Crippen molar-refractivity contribution in [3.05, 3.63) is 76.1 Å². The maximum atomic E-state index is 12.8. The van der Waals surface area contributed by atoms with E-state index in [9.17, 15) is 4.79 Å². The molecule has 0 radical (unpaired) electrons. The minimum Gasteiger partial charge on any atom is -0.348 e. The van der Waals surface area contributed by atoms with E-state index >= 15 is 0 Å². The molecule has 0 spiro atoms. The lowest BCUT2D eigenvalue weighted by Gasteiger charge is -2.14. The lowest BCUT2D eigenvalue weighted by molar-refractivity contribution is 0.0934. The highest BCUT2D eigenvalue weighted by atomic mass is 35.5. The molecule has 0 saturated carbocycles. The third-order valence-electron chi connectivity index (χ3n) is 4.59. The molecule has 142 valence electrons. The van der Waals surface area contributed by atoms with E-state index in [1.54, 1.807) is 6.20 Å². The summed E-state index contributed by atoms with van der Waals surface area (Å²) in [6, 6.07) is 11.5. The first kappa shape index (κ1) is 18.7. The second kappa shape index (κ2) is 7.73. The molecule has 0 aliphatic rings. The maximum absolute atomic E-state index is 12.8. The Labute approximate surface area is 172 Å². The number of rotatable bonds is 5. The number of benzene rings is 1. The summed E-state index contributed by atoms with van der Waals surface area (Å²) >= 11 is 7.72. The van der Waals surface area contributed by atoms with E-state index in [1.165, 1.54) is 11.3 Å². The van der Waals surface area contributed by atoms with Crippen LogP contribution < -0.4 is 5.32 Å². The van der Waals surface area contributed by atoms with Crippen molar-refractivity contribution >= 4 is 33.8 Å². The molecular weight excluding hydrogens is 392 g/mol. The van der Waals surface area contributed by atoms with E-state index in [0.717, 1.165) is 27.5 Å². The first-order chi connectivity index (χ1) is 13.5. The zero-order chi connectivity index (χ0) is 19.7. The quantitative estimate of drug-likeness (QED) is 0.515. The van der Waals surface area contributed by atoms with Gasteiger partial charge < -0.3 is 5.32 Å². The molecule has 7 heteroatoms. The third kappa shape index (κ3) is 3.66. The van der Waals surface area contributed by atoms with Gasteiger partial charge in [-0.1, -0.05) is 35.9 Å². The lowest BCUT2D eigenvalue weighted by Crippen LogP contribution is -2.35. The van der Waals surface area contributed by atoms with Gasteiger partial charge in [0.2, 0.25) is 0 Å². The predicted molar refractivity (Wildman–Crippen MR) is 113 cm³/mol. The highest BCUT2D eigenvalue weighted by Crippen LogP contribution is 2.29. The maximum Gasteiger partial charge on any atom is 0.269 e. The second-order valence-electron chi connectivity index (χ2n) is 6.73. The van der Waals surface area contributed by atoms with Crippen molar-refractivity contribution in [2.24, 2.45) is 0 Å². The molecule has 0 fully saturated rings. The van der Waals surface area contributed by atoms with Crippen molar-refractivity contribution in [3.63, 3.8) is 0 Å². The van der Waals surface area contributed by atoms with Gasteiger partial charge in [-0.15, -0.1) is 11.3 Å². The van der Waals surface area contributed by atoms with Crippen molar-refractivity contribution < 1.29 is 4.79 Å². The van der Waals surface area contributed by atoms with Crippen LogP contribution in [-0.2, 0) is 6.42 Å². The summed E-state index contributed by atoms with van der Waals surface area (Å²) in [5, 5.41) is 5.53. The number of pyridine rings is 1. The fourth-order valence-electron chi connectivity index (χ4n) is 3.12. The van der Waals surface area contributed by atoms with Crippen LogP contribution in [0.4, 0.5) is 0 Å². The fraction of sp³-hybridized carbons (Fsp3) is 0.190. The summed E-state index contributed by atoms with van der Waals surface area (Å²) in [7, 11) is 0. The average molecular weight is 411 g/mol. The normalized spacial score (nSPS) is 12.2. The van der Waals surface area contributed by atoms with Crippen LogP contribution in [-0.4, -0.2) is 26.3 Å². The van der Waals surface area contributed by atoms with Gasteiger partial charge in [-0.2, -0.15) is 0 Å². The van der Waals surface area contributed by atoms with Crippen molar-refractivity contribution in [3.8, 4) is 11.3 Å². The van der Waals surface area contributed by atoms with Gasteiger partial charge >= 0.3 is 0 Å². The topological polar surface area (TPSA) is 59.3 Å². The van der Waals surface area contributed by atoms with Crippen LogP contribution in [0.15, 0.2) is 54.2 Å². The molecule has 1 atom stereocenters. The Morgan fingerprint density at radius 3 is 2.89 bits per heavy atom. The summed E-state index contributed by atoms with van der Waals surface area (Å²) < 4.78 is 1.82. The van der Waals surface area contributed by atoms with E-state index in [1.807, 2.05) is 66.2 Å². The molecule has 0 unspecified atom stereocenters. The Kier molecular flexibility index (Phi) is 5.15. The second-order valence-corrected chi connectivity index (χ2v) is 7.97. The van der Waals surface area contributed by atoms with Crippen molar-refractivity contribution in [2.45, 2.75) is 26.3 Å². The van der Waals surface area contributed by atoms with Crippen LogP contribution in [0, 0.1) is 6.92 Å². The Balaban J connectivity index is 1.55. The Morgan fingerprint density at radius 1 is 1.29 bits per heavy atom. The smallest absolute Gasteiger partial charge is 0.269 e. The summed E-state index contributed by atoms with van der Waals surface area (Å²) in [5.41, 5.74) is 4.29. The number of amides is 1. The number of fused-ring (bicyclic) bond motifs is 1. The summed E-state index contributed by atoms with van der Waals surface area (Å²) in [6.45, 7) is 4.01. The van der Waals surface area contributed by atoms with E-state index < -0.39 is 0 Å². The minimum atomic E-state index is -0.129. The molecular formula is C21H19ClN4OS. The summed E-state index contributed by atoms with van der Waals surface area (Å²) in [5.74, 6) is -0.129. The minimum absolute atomic E-state index is 0.0393. The highest BCUT2D eigenvalue weighted by Gasteiger charge is 2.18. The molecule has 4 rings (SSSR count). The van der Waals surface area contributed by atoms with E-state index in [2.05, 4.69) is 15.3 Å². The molecule has 0 bridgehead atoms. The van der Waals surface area contributed by atoms with Crippen molar-refractivity contribution in [1.82, 2.24) is 19.7 Å². The standard InChI is InChI=1S/C21H19ClN4OS/c1-13-6-5-9-23-17(13)10-14(2)24-20(27)19-12-28-21-25-18(11-26(19)21)15-7-3-4-8-16(15)22/h3-9,11-12,14H,10H2,1-2H3,(H,24,27)/t14-/m0/s1. The van der Waals surface area contributed by atoms with E-state index in [0.29, 0.717) is 17.1 Å². The fourth-order valence-corrected chi connectivity index (χ4v) is 4.20. The molecule has 0 aliphatic carbocycles. The molecule has 3 heterocycles. The monoisotopic (exact) mass is 410 g/mol. The van der Waals surface area contributed by atoms with Gasteiger partial charge in [0, 0.05) is 41.5 Å². The van der Waals surface area contributed by atoms with Gasteiger partial charge in [0.1, 0.15) is 5.69 Å². The molecule has 1 aromatic carbocycles. The average Bonchev–Trinajstić information content (AvgIpc) is 3.24. The number of nitrogens with zero attached hydrogens (tertiary/aromatic N) is 3. The van der Waals surface area contributed by atoms with Gasteiger partial charge in [-0.3, -0.25) is 14.2 Å². The molecule has 3 aromatic heterocycles. The number of carbonyl (C=O) groups is 1. The highest BCUT2D eigenvalue weighted by molar-refractivity contribution is 7.15. The number of aryl methyl sites for hydroxylation is 1. The number of carbonyl (C=O) groups excluding carboxylic acids is 1. The molecule has 28 heavy (non-hydrogen) atoms. The van der Waals surface area contributed by atoms with Gasteiger partial charge in [0.15, 0.2) is 4.96 Å². The summed E-state index contributed by atoms with van der Waals surface area (Å²) in [6.07, 6.45) is 4.32. The third-order valence-corrected chi connectivity index (χ3v) is 5.76. The van der Waals surface area contributed by atoms with E-state index in [-0.39, 0.29) is 11.9 Å². The molecule has 4 aromatic rings. The van der Waals surface area contributed by atoms with Crippen LogP contribution in [0.5, 0.6) is 0 Å². The van der Waals surface area contributed by atoms with Crippen molar-refractivity contribution in [2.75, 3.05) is 0 Å². The molecule has 5 nitrogen and oxygen atoms in total. The zero-order valence-electron chi connectivity index (χ0n) is 15.5.